The summed E-state index contributed by atoms with van der Waals surface area (Å²) in [5.41, 5.74) is 1.35. The number of methoxy groups -OCH3 is 1. The molecule has 0 N–H and O–H groups in total. The van der Waals surface area contributed by atoms with Crippen LogP contribution in [0.2, 0.25) is 0 Å². The van der Waals surface area contributed by atoms with Gasteiger partial charge in [-0.1, -0.05) is 0 Å². The summed E-state index contributed by atoms with van der Waals surface area (Å²) in [6.45, 7) is 10.2. The first-order chi connectivity index (χ1) is 14.6. The average molecular weight is 430 g/mol. The summed E-state index contributed by atoms with van der Waals surface area (Å²) >= 11 is 0. The Kier molecular flexibility index (Phi) is 6.35. The molecule has 0 aliphatic carbocycles. The smallest absolute Gasteiger partial charge is 0.410 e. The summed E-state index contributed by atoms with van der Waals surface area (Å²) < 4.78 is 16.4. The number of esters is 1. The molecule has 2 heterocycles. The van der Waals surface area contributed by atoms with E-state index in [1.54, 1.807) is 4.90 Å². The van der Waals surface area contributed by atoms with Crippen LogP contribution in [0.3, 0.4) is 0 Å². The predicted octanol–water partition coefficient (Wildman–Crippen LogP) is 3.16. The molecule has 1 unspecified atom stereocenters. The van der Waals surface area contributed by atoms with E-state index in [4.69, 9.17) is 19.5 Å². The van der Waals surface area contributed by atoms with E-state index < -0.39 is 11.0 Å². The topological polar surface area (TPSA) is 92.1 Å². The van der Waals surface area contributed by atoms with E-state index in [9.17, 15) is 9.59 Å². The molecule has 3 rings (SSSR count). The highest BCUT2D eigenvalue weighted by Gasteiger charge is 2.48. The Labute approximate surface area is 183 Å². The molecule has 2 aliphatic heterocycles. The fourth-order valence-electron chi connectivity index (χ4n) is 4.19. The van der Waals surface area contributed by atoms with Crippen molar-refractivity contribution in [1.29, 1.82) is 5.26 Å². The molecule has 0 radical (unpaired) electrons. The molecule has 0 bridgehead atoms. The normalized spacial score (nSPS) is 20.5. The second-order valence-corrected chi connectivity index (χ2v) is 9.11. The van der Waals surface area contributed by atoms with E-state index in [1.807, 2.05) is 39.8 Å². The standard InChI is InChI=1S/C23H31N3O5/c1-16-13-17-19(30-15-23(17,7-6-8-24)20(27)29-5)14-18(16)25-9-11-26(12-10-25)21(28)31-22(2,3)4/h13-14H,6-7,9-12,15H2,1-5H3. The predicted molar refractivity (Wildman–Crippen MR) is 115 cm³/mol. The molecule has 1 aromatic carbocycles. The molecule has 0 aromatic heterocycles. The number of amides is 1. The Hall–Kier alpha value is -2.95. The van der Waals surface area contributed by atoms with Gasteiger partial charge in [-0.05, 0) is 45.7 Å². The van der Waals surface area contributed by atoms with Crippen molar-refractivity contribution in [2.24, 2.45) is 0 Å². The van der Waals surface area contributed by atoms with Gasteiger partial charge >= 0.3 is 12.1 Å². The largest absolute Gasteiger partial charge is 0.492 e. The third-order valence-electron chi connectivity index (χ3n) is 5.80. The lowest BCUT2D eigenvalue weighted by atomic mass is 9.78. The molecule has 8 nitrogen and oxygen atoms in total. The monoisotopic (exact) mass is 429 g/mol. The van der Waals surface area contributed by atoms with Gasteiger partial charge in [0.2, 0.25) is 0 Å². The maximum absolute atomic E-state index is 12.6. The highest BCUT2D eigenvalue weighted by atomic mass is 16.6. The van der Waals surface area contributed by atoms with Crippen LogP contribution in [0, 0.1) is 18.3 Å². The van der Waals surface area contributed by atoms with Gasteiger partial charge < -0.3 is 24.0 Å². The van der Waals surface area contributed by atoms with Crippen LogP contribution in [0.1, 0.15) is 44.7 Å². The van der Waals surface area contributed by atoms with Crippen LogP contribution in [0.15, 0.2) is 12.1 Å². The second kappa shape index (κ2) is 8.66. The first-order valence-electron chi connectivity index (χ1n) is 10.6. The van der Waals surface area contributed by atoms with Crippen molar-refractivity contribution in [3.05, 3.63) is 23.3 Å². The molecule has 1 atom stereocenters. The number of aryl methyl sites for hydroxylation is 1. The van der Waals surface area contributed by atoms with Crippen molar-refractivity contribution in [1.82, 2.24) is 4.90 Å². The summed E-state index contributed by atoms with van der Waals surface area (Å²) in [4.78, 5) is 28.9. The van der Waals surface area contributed by atoms with Crippen molar-refractivity contribution in [2.45, 2.75) is 51.6 Å². The Morgan fingerprint density at radius 3 is 2.48 bits per heavy atom. The van der Waals surface area contributed by atoms with Crippen LogP contribution >= 0.6 is 0 Å². The van der Waals surface area contributed by atoms with Crippen molar-refractivity contribution < 1.29 is 23.8 Å². The number of benzene rings is 1. The minimum absolute atomic E-state index is 0.173. The van der Waals surface area contributed by atoms with Gasteiger partial charge in [-0.3, -0.25) is 4.79 Å². The molecule has 1 amide bonds. The van der Waals surface area contributed by atoms with Gasteiger partial charge in [-0.2, -0.15) is 5.26 Å². The van der Waals surface area contributed by atoms with Gasteiger partial charge in [0.05, 0.1) is 13.2 Å². The number of nitriles is 1. The molecule has 0 saturated carbocycles. The third-order valence-corrected chi connectivity index (χ3v) is 5.80. The number of carbonyl (C=O) groups excluding carboxylic acids is 2. The van der Waals surface area contributed by atoms with E-state index >= 15 is 0 Å². The lowest BCUT2D eigenvalue weighted by Gasteiger charge is -2.37. The molecule has 1 fully saturated rings. The highest BCUT2D eigenvalue weighted by molar-refractivity contribution is 5.86. The maximum atomic E-state index is 12.6. The van der Waals surface area contributed by atoms with Crippen molar-refractivity contribution >= 4 is 17.7 Å². The number of ether oxygens (including phenoxy) is 3. The molecule has 168 valence electrons. The molecule has 2 aliphatic rings. The van der Waals surface area contributed by atoms with Crippen LogP contribution in [-0.4, -0.2) is 62.5 Å². The zero-order valence-electron chi connectivity index (χ0n) is 19.0. The number of hydrogen-bond acceptors (Lipinski definition) is 7. The maximum Gasteiger partial charge on any atom is 0.410 e. The van der Waals surface area contributed by atoms with E-state index in [2.05, 4.69) is 11.0 Å². The zero-order valence-corrected chi connectivity index (χ0v) is 19.0. The molecule has 1 saturated heterocycles. The number of carbonyl (C=O) groups is 2. The first kappa shape index (κ1) is 22.7. The van der Waals surface area contributed by atoms with Crippen LogP contribution in [-0.2, 0) is 19.7 Å². The van der Waals surface area contributed by atoms with Crippen molar-refractivity contribution in [3.8, 4) is 11.8 Å². The Balaban J connectivity index is 1.78. The summed E-state index contributed by atoms with van der Waals surface area (Å²) in [5, 5.41) is 9.05. The Bertz CT molecular complexity index is 894. The summed E-state index contributed by atoms with van der Waals surface area (Å²) in [6.07, 6.45) is 0.309. The average Bonchev–Trinajstić information content (AvgIpc) is 3.08. The van der Waals surface area contributed by atoms with E-state index in [-0.39, 0.29) is 25.1 Å². The van der Waals surface area contributed by atoms with Gasteiger partial charge in [0.25, 0.3) is 0 Å². The van der Waals surface area contributed by atoms with E-state index in [0.717, 1.165) is 16.8 Å². The van der Waals surface area contributed by atoms with E-state index in [0.29, 0.717) is 38.3 Å². The molecule has 1 aromatic rings. The van der Waals surface area contributed by atoms with Gasteiger partial charge in [-0.15, -0.1) is 0 Å². The number of rotatable bonds is 4. The summed E-state index contributed by atoms with van der Waals surface area (Å²) in [7, 11) is 1.36. The van der Waals surface area contributed by atoms with Gasteiger partial charge in [0.1, 0.15) is 23.4 Å². The molecule has 8 heteroatoms. The first-order valence-corrected chi connectivity index (χ1v) is 10.6. The van der Waals surface area contributed by atoms with Crippen molar-refractivity contribution in [2.75, 3.05) is 44.8 Å². The zero-order chi connectivity index (χ0) is 22.8. The Morgan fingerprint density at radius 2 is 1.90 bits per heavy atom. The summed E-state index contributed by atoms with van der Waals surface area (Å²) in [5.74, 6) is 0.276. The number of anilines is 1. The van der Waals surface area contributed by atoms with Gasteiger partial charge in [-0.25, -0.2) is 4.79 Å². The molecule has 0 spiro atoms. The molecular weight excluding hydrogens is 398 g/mol. The van der Waals surface area contributed by atoms with Crippen LogP contribution in [0.5, 0.6) is 5.75 Å². The van der Waals surface area contributed by atoms with Crippen molar-refractivity contribution in [3.63, 3.8) is 0 Å². The van der Waals surface area contributed by atoms with Crippen LogP contribution in [0.4, 0.5) is 10.5 Å². The molecule has 31 heavy (non-hydrogen) atoms. The SMILES string of the molecule is COC(=O)C1(CCC#N)COc2cc(N3CCN(C(=O)OC(C)(C)C)CC3)c(C)cc21. The number of piperazine rings is 1. The number of nitrogens with zero attached hydrogens (tertiary/aromatic N) is 3. The third kappa shape index (κ3) is 4.55. The lowest BCUT2D eigenvalue weighted by molar-refractivity contribution is -0.148. The van der Waals surface area contributed by atoms with Gasteiger partial charge in [0, 0.05) is 49.9 Å². The number of fused-ring (bicyclic) bond motifs is 1. The van der Waals surface area contributed by atoms with Gasteiger partial charge in [0.15, 0.2) is 0 Å². The summed E-state index contributed by atoms with van der Waals surface area (Å²) in [6, 6.07) is 6.06. The molecular formula is C23H31N3O5. The number of hydrogen-bond donors (Lipinski definition) is 0. The van der Waals surface area contributed by atoms with Crippen LogP contribution < -0.4 is 9.64 Å². The van der Waals surface area contributed by atoms with Crippen LogP contribution in [0.25, 0.3) is 0 Å². The lowest BCUT2D eigenvalue weighted by Crippen LogP contribution is -2.50. The highest BCUT2D eigenvalue weighted by Crippen LogP contribution is 2.45. The fraction of sp³-hybridized carbons (Fsp3) is 0.609. The minimum Gasteiger partial charge on any atom is -0.492 e. The Morgan fingerprint density at radius 1 is 1.23 bits per heavy atom. The fourth-order valence-corrected chi connectivity index (χ4v) is 4.19. The second-order valence-electron chi connectivity index (χ2n) is 9.11. The van der Waals surface area contributed by atoms with E-state index in [1.165, 1.54) is 7.11 Å². The quantitative estimate of drug-likeness (QED) is 0.679. The minimum atomic E-state index is -0.946.